The molecular weight excluding hydrogens is 368 g/mol. The van der Waals surface area contributed by atoms with Gasteiger partial charge in [0.15, 0.2) is 0 Å². The molecule has 0 bridgehead atoms. The van der Waals surface area contributed by atoms with E-state index in [1.807, 2.05) is 63.4 Å². The highest BCUT2D eigenvalue weighted by atomic mass is 32.2. The lowest BCUT2D eigenvalue weighted by Gasteiger charge is -2.17. The number of thioether (sulfide) groups is 1. The summed E-state index contributed by atoms with van der Waals surface area (Å²) in [4.78, 5) is 18.8. The van der Waals surface area contributed by atoms with Crippen LogP contribution in [0.4, 0.5) is 0 Å². The van der Waals surface area contributed by atoms with Gasteiger partial charge in [-0.2, -0.15) is 5.10 Å². The Balaban J connectivity index is 1.49. The molecule has 0 aliphatic carbocycles. The molecule has 1 N–H and O–H groups in total. The highest BCUT2D eigenvalue weighted by Crippen LogP contribution is 2.20. The molecule has 1 aromatic carbocycles. The zero-order chi connectivity index (χ0) is 19.9. The van der Waals surface area contributed by atoms with E-state index in [0.717, 1.165) is 47.1 Å². The van der Waals surface area contributed by atoms with Crippen LogP contribution in [0, 0.1) is 13.8 Å². The van der Waals surface area contributed by atoms with E-state index >= 15 is 0 Å². The van der Waals surface area contributed by atoms with Gasteiger partial charge in [-0.15, -0.1) is 11.8 Å². The number of pyridine rings is 1. The Morgan fingerprint density at radius 1 is 1.14 bits per heavy atom. The minimum atomic E-state index is 0.0598. The van der Waals surface area contributed by atoms with Crippen molar-refractivity contribution < 1.29 is 4.79 Å². The summed E-state index contributed by atoms with van der Waals surface area (Å²) in [6.07, 6.45) is 3.65. The summed E-state index contributed by atoms with van der Waals surface area (Å²) in [5.74, 6) is 0.898. The van der Waals surface area contributed by atoms with Gasteiger partial charge in [0.1, 0.15) is 0 Å². The van der Waals surface area contributed by atoms with Crippen molar-refractivity contribution in [2.24, 2.45) is 0 Å². The number of carbonyl (C=O) groups excluding carboxylic acids is 1. The summed E-state index contributed by atoms with van der Waals surface area (Å²) in [5, 5.41) is 8.25. The molecule has 28 heavy (non-hydrogen) atoms. The average molecular weight is 395 g/mol. The van der Waals surface area contributed by atoms with Crippen molar-refractivity contribution >= 4 is 17.7 Å². The standard InChI is InChI=1S/C22H26N4OS/c1-16-20(17(2)25-24-16)7-6-14-26(3)22(27)19-11-9-18(10-12-19)15-28-21-8-4-5-13-23-21/h4-5,8-13H,6-7,14-15H2,1-3H3,(H,24,25). The second-order valence-electron chi connectivity index (χ2n) is 6.90. The summed E-state index contributed by atoms with van der Waals surface area (Å²) >= 11 is 1.69. The zero-order valence-corrected chi connectivity index (χ0v) is 17.4. The highest BCUT2D eigenvalue weighted by Gasteiger charge is 2.12. The first-order valence-corrected chi connectivity index (χ1v) is 10.4. The summed E-state index contributed by atoms with van der Waals surface area (Å²) in [5.41, 5.74) is 5.33. The van der Waals surface area contributed by atoms with Crippen molar-refractivity contribution in [3.63, 3.8) is 0 Å². The van der Waals surface area contributed by atoms with Crippen molar-refractivity contribution in [3.05, 3.63) is 76.7 Å². The Kier molecular flexibility index (Phi) is 6.87. The topological polar surface area (TPSA) is 61.9 Å². The summed E-state index contributed by atoms with van der Waals surface area (Å²) in [6.45, 7) is 4.78. The van der Waals surface area contributed by atoms with E-state index in [-0.39, 0.29) is 5.91 Å². The van der Waals surface area contributed by atoms with Crippen molar-refractivity contribution in [2.45, 2.75) is 37.5 Å². The average Bonchev–Trinajstić information content (AvgIpc) is 3.05. The first kappa shape index (κ1) is 20.1. The monoisotopic (exact) mass is 394 g/mol. The van der Waals surface area contributed by atoms with Gasteiger partial charge in [-0.05, 0) is 62.1 Å². The largest absolute Gasteiger partial charge is 0.342 e. The minimum Gasteiger partial charge on any atom is -0.342 e. The fourth-order valence-electron chi connectivity index (χ4n) is 3.09. The van der Waals surface area contributed by atoms with E-state index in [4.69, 9.17) is 0 Å². The molecule has 0 saturated carbocycles. The number of nitrogens with zero attached hydrogens (tertiary/aromatic N) is 3. The molecule has 0 radical (unpaired) electrons. The summed E-state index contributed by atoms with van der Waals surface area (Å²) in [6, 6.07) is 13.8. The van der Waals surface area contributed by atoms with Gasteiger partial charge >= 0.3 is 0 Å². The van der Waals surface area contributed by atoms with Crippen molar-refractivity contribution in [3.8, 4) is 0 Å². The lowest BCUT2D eigenvalue weighted by Crippen LogP contribution is -2.28. The van der Waals surface area contributed by atoms with Gasteiger partial charge in [0.2, 0.25) is 0 Å². The number of amides is 1. The number of aromatic amines is 1. The van der Waals surface area contributed by atoms with Gasteiger partial charge < -0.3 is 4.90 Å². The molecule has 0 unspecified atom stereocenters. The number of H-pyrrole nitrogens is 1. The van der Waals surface area contributed by atoms with Gasteiger partial charge in [-0.25, -0.2) is 4.98 Å². The SMILES string of the molecule is Cc1n[nH]c(C)c1CCCN(C)C(=O)c1ccc(CSc2ccccn2)cc1. The van der Waals surface area contributed by atoms with Gasteiger partial charge in [0, 0.05) is 36.8 Å². The van der Waals surface area contributed by atoms with Crippen LogP contribution in [0.3, 0.4) is 0 Å². The van der Waals surface area contributed by atoms with Crippen molar-refractivity contribution in [2.75, 3.05) is 13.6 Å². The third kappa shape index (κ3) is 5.23. The van der Waals surface area contributed by atoms with Gasteiger partial charge in [0.25, 0.3) is 5.91 Å². The lowest BCUT2D eigenvalue weighted by molar-refractivity contribution is 0.0793. The number of aromatic nitrogens is 3. The molecule has 0 fully saturated rings. The lowest BCUT2D eigenvalue weighted by atomic mass is 10.1. The van der Waals surface area contributed by atoms with Crippen LogP contribution in [0.1, 0.15) is 39.3 Å². The molecule has 0 aliphatic heterocycles. The zero-order valence-electron chi connectivity index (χ0n) is 16.6. The Hall–Kier alpha value is -2.60. The maximum Gasteiger partial charge on any atom is 0.253 e. The second-order valence-corrected chi connectivity index (χ2v) is 7.89. The van der Waals surface area contributed by atoms with Gasteiger partial charge in [0.05, 0.1) is 10.7 Å². The predicted octanol–water partition coefficient (Wildman–Crippen LogP) is 4.42. The van der Waals surface area contributed by atoms with Crippen LogP contribution in [0.5, 0.6) is 0 Å². The third-order valence-electron chi connectivity index (χ3n) is 4.77. The maximum absolute atomic E-state index is 12.7. The predicted molar refractivity (Wildman–Crippen MR) is 114 cm³/mol. The number of aryl methyl sites for hydroxylation is 2. The van der Waals surface area contributed by atoms with Crippen LogP contribution in [0.2, 0.25) is 0 Å². The van der Waals surface area contributed by atoms with Crippen molar-refractivity contribution in [1.82, 2.24) is 20.1 Å². The smallest absolute Gasteiger partial charge is 0.253 e. The van der Waals surface area contributed by atoms with E-state index < -0.39 is 0 Å². The fourth-order valence-corrected chi connectivity index (χ4v) is 3.91. The molecule has 2 aromatic heterocycles. The molecular formula is C22H26N4OS. The molecule has 0 spiro atoms. The molecule has 2 heterocycles. The Morgan fingerprint density at radius 3 is 2.57 bits per heavy atom. The van der Waals surface area contributed by atoms with E-state index in [2.05, 4.69) is 15.2 Å². The minimum absolute atomic E-state index is 0.0598. The van der Waals surface area contributed by atoms with Crippen LogP contribution in [-0.4, -0.2) is 39.6 Å². The Morgan fingerprint density at radius 2 is 1.93 bits per heavy atom. The second kappa shape index (κ2) is 9.55. The molecule has 6 heteroatoms. The van der Waals surface area contributed by atoms with E-state index in [1.165, 1.54) is 11.1 Å². The normalized spacial score (nSPS) is 10.8. The van der Waals surface area contributed by atoms with Crippen LogP contribution in [0.25, 0.3) is 0 Å². The molecule has 0 atom stereocenters. The van der Waals surface area contributed by atoms with Crippen molar-refractivity contribution in [1.29, 1.82) is 0 Å². The van der Waals surface area contributed by atoms with Crippen LogP contribution in [0.15, 0.2) is 53.7 Å². The summed E-state index contributed by atoms with van der Waals surface area (Å²) < 4.78 is 0. The fraction of sp³-hybridized carbons (Fsp3) is 0.318. The van der Waals surface area contributed by atoms with E-state index in [1.54, 1.807) is 22.9 Å². The Bertz CT molecular complexity index is 887. The maximum atomic E-state index is 12.7. The van der Waals surface area contributed by atoms with Crippen LogP contribution in [-0.2, 0) is 12.2 Å². The van der Waals surface area contributed by atoms with Crippen LogP contribution < -0.4 is 0 Å². The molecule has 5 nitrogen and oxygen atoms in total. The molecule has 0 saturated heterocycles. The number of nitrogens with one attached hydrogen (secondary N) is 1. The number of carbonyl (C=O) groups is 1. The first-order chi connectivity index (χ1) is 13.5. The Labute approximate surface area is 170 Å². The quantitative estimate of drug-likeness (QED) is 0.575. The number of benzene rings is 1. The molecule has 1 amide bonds. The molecule has 146 valence electrons. The number of hydrogen-bond acceptors (Lipinski definition) is 4. The first-order valence-electron chi connectivity index (χ1n) is 9.43. The molecule has 3 rings (SSSR count). The van der Waals surface area contributed by atoms with E-state index in [0.29, 0.717) is 0 Å². The number of rotatable bonds is 8. The van der Waals surface area contributed by atoms with Gasteiger partial charge in [-0.1, -0.05) is 18.2 Å². The van der Waals surface area contributed by atoms with E-state index in [9.17, 15) is 4.79 Å². The number of hydrogen-bond donors (Lipinski definition) is 1. The molecule has 3 aromatic rings. The van der Waals surface area contributed by atoms with Crippen LogP contribution >= 0.6 is 11.8 Å². The summed E-state index contributed by atoms with van der Waals surface area (Å²) in [7, 11) is 1.86. The third-order valence-corrected chi connectivity index (χ3v) is 5.79. The highest BCUT2D eigenvalue weighted by molar-refractivity contribution is 7.98. The molecule has 0 aliphatic rings. The van der Waals surface area contributed by atoms with Gasteiger partial charge in [-0.3, -0.25) is 9.89 Å².